The number of esters is 1. The Morgan fingerprint density at radius 3 is 2.35 bits per heavy atom. The molecular formula is C23H24ClN3O3S. The molecule has 0 aliphatic carbocycles. The number of hydrogen-bond acceptors (Lipinski definition) is 4. The second-order valence-electron chi connectivity index (χ2n) is 6.93. The molecule has 0 fully saturated rings. The van der Waals surface area contributed by atoms with Crippen LogP contribution >= 0.6 is 23.8 Å². The van der Waals surface area contributed by atoms with E-state index >= 15 is 0 Å². The molecule has 2 N–H and O–H groups in total. The van der Waals surface area contributed by atoms with Crippen molar-refractivity contribution in [3.8, 4) is 0 Å². The summed E-state index contributed by atoms with van der Waals surface area (Å²) in [5, 5.41) is 7.22. The Morgan fingerprint density at radius 1 is 1.13 bits per heavy atom. The van der Waals surface area contributed by atoms with E-state index < -0.39 is 6.04 Å². The van der Waals surface area contributed by atoms with Gasteiger partial charge in [0.15, 0.2) is 5.11 Å². The first-order valence-corrected chi connectivity index (χ1v) is 10.8. The van der Waals surface area contributed by atoms with E-state index in [4.69, 9.17) is 28.6 Å². The van der Waals surface area contributed by atoms with E-state index in [0.717, 1.165) is 11.3 Å². The monoisotopic (exact) mass is 457 g/mol. The highest BCUT2D eigenvalue weighted by molar-refractivity contribution is 7.80. The van der Waals surface area contributed by atoms with Gasteiger partial charge >= 0.3 is 5.97 Å². The maximum Gasteiger partial charge on any atom is 0.338 e. The number of carbonyl (C=O) groups excluding carboxylic acids is 2. The summed E-state index contributed by atoms with van der Waals surface area (Å²) in [5.74, 6) is -0.610. The number of rotatable bonds is 6. The molecule has 1 unspecified atom stereocenters. The molecule has 0 spiro atoms. The zero-order valence-electron chi connectivity index (χ0n) is 17.6. The zero-order chi connectivity index (χ0) is 22.5. The number of thiocarbonyl (C=S) groups is 1. The molecule has 162 valence electrons. The maximum absolute atomic E-state index is 12.7. The average Bonchev–Trinajstić information content (AvgIpc) is 2.74. The molecule has 1 heterocycles. The van der Waals surface area contributed by atoms with Gasteiger partial charge in [0, 0.05) is 28.5 Å². The molecular weight excluding hydrogens is 434 g/mol. The molecule has 0 saturated carbocycles. The van der Waals surface area contributed by atoms with Crippen LogP contribution in [0.5, 0.6) is 0 Å². The minimum Gasteiger partial charge on any atom is -0.463 e. The molecule has 3 rings (SSSR count). The molecule has 1 aliphatic heterocycles. The van der Waals surface area contributed by atoms with E-state index in [0.29, 0.717) is 33.5 Å². The Kier molecular flexibility index (Phi) is 7.30. The number of halogens is 1. The normalized spacial score (nSPS) is 16.1. The van der Waals surface area contributed by atoms with Gasteiger partial charge in [-0.2, -0.15) is 0 Å². The van der Waals surface area contributed by atoms with Gasteiger partial charge < -0.3 is 20.3 Å². The summed E-state index contributed by atoms with van der Waals surface area (Å²) < 4.78 is 5.29. The average molecular weight is 458 g/mol. The van der Waals surface area contributed by atoms with Crippen LogP contribution in [0.15, 0.2) is 59.8 Å². The van der Waals surface area contributed by atoms with E-state index in [1.807, 2.05) is 30.9 Å². The lowest BCUT2D eigenvalue weighted by Gasteiger charge is -2.37. The highest BCUT2D eigenvalue weighted by atomic mass is 35.5. The Morgan fingerprint density at radius 2 is 1.77 bits per heavy atom. The van der Waals surface area contributed by atoms with Crippen LogP contribution in [0.1, 0.15) is 42.7 Å². The molecule has 1 aliphatic rings. The minimum atomic E-state index is -0.435. The summed E-state index contributed by atoms with van der Waals surface area (Å²) in [6.07, 6.45) is 0. The topological polar surface area (TPSA) is 70.7 Å². The van der Waals surface area contributed by atoms with Crippen LogP contribution < -0.4 is 10.6 Å². The van der Waals surface area contributed by atoms with Crippen molar-refractivity contribution in [1.82, 2.24) is 10.2 Å². The van der Waals surface area contributed by atoms with Gasteiger partial charge in [-0.1, -0.05) is 23.7 Å². The van der Waals surface area contributed by atoms with Gasteiger partial charge in [-0.3, -0.25) is 4.79 Å². The number of nitrogens with one attached hydrogen (secondary N) is 2. The van der Waals surface area contributed by atoms with Crippen molar-refractivity contribution >= 4 is 46.5 Å². The van der Waals surface area contributed by atoms with Crippen LogP contribution in [0.3, 0.4) is 0 Å². The Labute approximate surface area is 192 Å². The molecule has 6 nitrogen and oxygen atoms in total. The number of nitrogens with zero attached hydrogens (tertiary/aromatic N) is 1. The summed E-state index contributed by atoms with van der Waals surface area (Å²) >= 11 is 11.4. The largest absolute Gasteiger partial charge is 0.463 e. The van der Waals surface area contributed by atoms with Gasteiger partial charge in [0.25, 0.3) is 5.91 Å². The predicted octanol–water partition coefficient (Wildman–Crippen LogP) is 4.68. The van der Waals surface area contributed by atoms with E-state index in [9.17, 15) is 9.59 Å². The highest BCUT2D eigenvalue weighted by Crippen LogP contribution is 2.32. The predicted molar refractivity (Wildman–Crippen MR) is 126 cm³/mol. The lowest BCUT2D eigenvalue weighted by molar-refractivity contribution is -0.139. The van der Waals surface area contributed by atoms with Crippen molar-refractivity contribution in [2.45, 2.75) is 26.8 Å². The summed E-state index contributed by atoms with van der Waals surface area (Å²) in [5.41, 5.74) is 3.28. The van der Waals surface area contributed by atoms with Crippen molar-refractivity contribution in [1.29, 1.82) is 0 Å². The fourth-order valence-corrected chi connectivity index (χ4v) is 3.96. The molecule has 1 atom stereocenters. The number of hydrogen-bond donors (Lipinski definition) is 2. The van der Waals surface area contributed by atoms with Crippen molar-refractivity contribution in [2.75, 3.05) is 18.5 Å². The third-order valence-corrected chi connectivity index (χ3v) is 5.61. The molecule has 0 bridgehead atoms. The second-order valence-corrected chi connectivity index (χ2v) is 7.75. The van der Waals surface area contributed by atoms with Crippen LogP contribution in [0, 0.1) is 0 Å². The number of allylic oxidation sites excluding steroid dienone is 1. The number of benzene rings is 2. The van der Waals surface area contributed by atoms with E-state index in [1.165, 1.54) is 0 Å². The first kappa shape index (κ1) is 22.8. The molecule has 0 aromatic heterocycles. The lowest BCUT2D eigenvalue weighted by Crippen LogP contribution is -2.47. The SMILES string of the molecule is CCOC(=O)C1=C(C)N(CC)C(=S)NC1c1ccc(NC(=O)c2ccc(Cl)cc2)cc1. The standard InChI is InChI=1S/C23H24ClN3O3S/c1-4-27-14(3)19(22(29)30-5-2)20(26-23(27)31)15-8-12-18(13-9-15)25-21(28)16-6-10-17(24)11-7-16/h6-13,20H,4-5H2,1-3H3,(H,25,28)(H,26,31). The van der Waals surface area contributed by atoms with E-state index in [2.05, 4.69) is 10.6 Å². The molecule has 8 heteroatoms. The quantitative estimate of drug-likeness (QED) is 0.484. The molecule has 2 aromatic carbocycles. The smallest absolute Gasteiger partial charge is 0.338 e. The van der Waals surface area contributed by atoms with Gasteiger partial charge in [0.2, 0.25) is 0 Å². The molecule has 0 radical (unpaired) electrons. The fraction of sp³-hybridized carbons (Fsp3) is 0.261. The first-order chi connectivity index (χ1) is 14.8. The van der Waals surface area contributed by atoms with Gasteiger partial charge in [-0.05, 0) is 75.0 Å². The van der Waals surface area contributed by atoms with Gasteiger partial charge in [-0.25, -0.2) is 4.79 Å². The first-order valence-electron chi connectivity index (χ1n) is 9.98. The van der Waals surface area contributed by atoms with E-state index in [-0.39, 0.29) is 18.5 Å². The van der Waals surface area contributed by atoms with Crippen LogP contribution in [0.4, 0.5) is 5.69 Å². The zero-order valence-corrected chi connectivity index (χ0v) is 19.1. The lowest BCUT2D eigenvalue weighted by atomic mass is 9.95. The number of anilines is 1. The molecule has 2 aromatic rings. The van der Waals surface area contributed by atoms with Gasteiger partial charge in [-0.15, -0.1) is 0 Å². The Bertz CT molecular complexity index is 1020. The van der Waals surface area contributed by atoms with Crippen LogP contribution in [0.25, 0.3) is 0 Å². The molecule has 0 saturated heterocycles. The minimum absolute atomic E-state index is 0.233. The summed E-state index contributed by atoms with van der Waals surface area (Å²) in [6.45, 7) is 6.55. The Balaban J connectivity index is 1.85. The van der Waals surface area contributed by atoms with Crippen molar-refractivity contribution < 1.29 is 14.3 Å². The van der Waals surface area contributed by atoms with Crippen LogP contribution in [-0.4, -0.2) is 35.0 Å². The van der Waals surface area contributed by atoms with Crippen LogP contribution in [-0.2, 0) is 9.53 Å². The molecule has 31 heavy (non-hydrogen) atoms. The summed E-state index contributed by atoms with van der Waals surface area (Å²) in [6, 6.07) is 13.5. The summed E-state index contributed by atoms with van der Waals surface area (Å²) in [7, 11) is 0. The maximum atomic E-state index is 12.7. The Hall–Kier alpha value is -2.90. The van der Waals surface area contributed by atoms with Gasteiger partial charge in [0.1, 0.15) is 0 Å². The fourth-order valence-electron chi connectivity index (χ4n) is 3.45. The summed E-state index contributed by atoms with van der Waals surface area (Å²) in [4.78, 5) is 27.0. The number of ether oxygens (including phenoxy) is 1. The van der Waals surface area contributed by atoms with Crippen molar-refractivity contribution in [3.63, 3.8) is 0 Å². The third kappa shape index (κ3) is 5.06. The van der Waals surface area contributed by atoms with Crippen molar-refractivity contribution in [3.05, 3.63) is 76.0 Å². The van der Waals surface area contributed by atoms with Gasteiger partial charge in [0.05, 0.1) is 18.2 Å². The number of amides is 1. The number of carbonyl (C=O) groups is 2. The molecule has 1 amide bonds. The highest BCUT2D eigenvalue weighted by Gasteiger charge is 2.34. The van der Waals surface area contributed by atoms with E-state index in [1.54, 1.807) is 43.3 Å². The van der Waals surface area contributed by atoms with Crippen molar-refractivity contribution in [2.24, 2.45) is 0 Å². The van der Waals surface area contributed by atoms with Crippen LogP contribution in [0.2, 0.25) is 5.02 Å². The third-order valence-electron chi connectivity index (χ3n) is 5.02. The second kappa shape index (κ2) is 9.94.